The van der Waals surface area contributed by atoms with Crippen LogP contribution in [-0.2, 0) is 6.54 Å². The van der Waals surface area contributed by atoms with Gasteiger partial charge in [0.25, 0.3) is 0 Å². The fraction of sp³-hybridized carbons (Fsp3) is 0.240. The minimum Gasteiger partial charge on any atom is -0.494 e. The first-order valence-electron chi connectivity index (χ1n) is 9.84. The van der Waals surface area contributed by atoms with Crippen LogP contribution in [0.25, 0.3) is 22.4 Å². The molecule has 0 bridgehead atoms. The maximum atomic E-state index is 5.98. The average molecular weight is 370 g/mol. The summed E-state index contributed by atoms with van der Waals surface area (Å²) in [6.45, 7) is 7.91. The SMILES string of the molecule is Cc1cccc(-c2nc3ccccc3n2CCCOc2ccc(C)c(C)c2)c1. The van der Waals surface area contributed by atoms with E-state index in [1.165, 1.54) is 22.2 Å². The molecular formula is C25H26N2O. The van der Waals surface area contributed by atoms with Crippen LogP contribution in [0.5, 0.6) is 5.75 Å². The molecule has 0 radical (unpaired) electrons. The Morgan fingerprint density at radius 2 is 1.71 bits per heavy atom. The molecule has 28 heavy (non-hydrogen) atoms. The maximum Gasteiger partial charge on any atom is 0.141 e. The van der Waals surface area contributed by atoms with E-state index in [1.807, 2.05) is 12.1 Å². The third kappa shape index (κ3) is 3.79. The second-order valence-electron chi connectivity index (χ2n) is 7.39. The second-order valence-corrected chi connectivity index (χ2v) is 7.39. The Kier molecular flexibility index (Phi) is 5.16. The first kappa shape index (κ1) is 18.3. The molecule has 0 unspecified atom stereocenters. The fourth-order valence-electron chi connectivity index (χ4n) is 3.52. The van der Waals surface area contributed by atoms with Gasteiger partial charge >= 0.3 is 0 Å². The van der Waals surface area contributed by atoms with Gasteiger partial charge in [0.05, 0.1) is 17.6 Å². The van der Waals surface area contributed by atoms with E-state index in [0.29, 0.717) is 6.61 Å². The van der Waals surface area contributed by atoms with Crippen molar-refractivity contribution in [3.8, 4) is 17.1 Å². The Labute approximate surface area is 166 Å². The monoisotopic (exact) mass is 370 g/mol. The lowest BCUT2D eigenvalue weighted by atomic mass is 10.1. The van der Waals surface area contributed by atoms with Crippen LogP contribution in [0.1, 0.15) is 23.1 Å². The Hall–Kier alpha value is -3.07. The number of ether oxygens (including phenoxy) is 1. The highest BCUT2D eigenvalue weighted by Crippen LogP contribution is 2.26. The lowest BCUT2D eigenvalue weighted by molar-refractivity contribution is 0.302. The van der Waals surface area contributed by atoms with Crippen LogP contribution >= 0.6 is 0 Å². The molecule has 0 aliphatic heterocycles. The molecular weight excluding hydrogens is 344 g/mol. The van der Waals surface area contributed by atoms with Gasteiger partial charge < -0.3 is 9.30 Å². The first-order valence-corrected chi connectivity index (χ1v) is 9.84. The molecule has 4 aromatic rings. The van der Waals surface area contributed by atoms with Gasteiger partial charge in [0.2, 0.25) is 0 Å². The molecule has 0 aliphatic rings. The number of hydrogen-bond donors (Lipinski definition) is 0. The van der Waals surface area contributed by atoms with Crippen molar-refractivity contribution in [2.75, 3.05) is 6.61 Å². The summed E-state index contributed by atoms with van der Waals surface area (Å²) in [5.41, 5.74) is 7.17. The summed E-state index contributed by atoms with van der Waals surface area (Å²) in [6.07, 6.45) is 0.923. The normalized spacial score (nSPS) is 11.1. The standard InChI is InChI=1S/C25H26N2O/c1-18-8-6-9-21(16-18)25-26-23-10-4-5-11-24(23)27(25)14-7-15-28-22-13-12-19(2)20(3)17-22/h4-6,8-13,16-17H,7,14-15H2,1-3H3. The Balaban J connectivity index is 1.54. The number of aromatic nitrogens is 2. The van der Waals surface area contributed by atoms with Gasteiger partial charge in [-0.3, -0.25) is 0 Å². The van der Waals surface area contributed by atoms with Gasteiger partial charge in [-0.05, 0) is 68.7 Å². The van der Waals surface area contributed by atoms with Crippen LogP contribution in [0, 0.1) is 20.8 Å². The zero-order chi connectivity index (χ0) is 19.5. The summed E-state index contributed by atoms with van der Waals surface area (Å²) in [6, 6.07) is 23.2. The number of benzene rings is 3. The summed E-state index contributed by atoms with van der Waals surface area (Å²) in [7, 11) is 0. The third-order valence-corrected chi connectivity index (χ3v) is 5.20. The number of hydrogen-bond acceptors (Lipinski definition) is 2. The average Bonchev–Trinajstić information content (AvgIpc) is 3.07. The summed E-state index contributed by atoms with van der Waals surface area (Å²) >= 11 is 0. The minimum atomic E-state index is 0.683. The second kappa shape index (κ2) is 7.89. The number of fused-ring (bicyclic) bond motifs is 1. The molecule has 0 saturated heterocycles. The minimum absolute atomic E-state index is 0.683. The van der Waals surface area contributed by atoms with E-state index in [0.717, 1.165) is 35.6 Å². The number of rotatable bonds is 6. The van der Waals surface area contributed by atoms with Crippen LogP contribution in [0.15, 0.2) is 66.7 Å². The van der Waals surface area contributed by atoms with Gasteiger partial charge in [-0.2, -0.15) is 0 Å². The molecule has 3 nitrogen and oxygen atoms in total. The molecule has 1 heterocycles. The third-order valence-electron chi connectivity index (χ3n) is 5.20. The van der Waals surface area contributed by atoms with Gasteiger partial charge in [0.15, 0.2) is 0 Å². The van der Waals surface area contributed by atoms with Crippen LogP contribution in [-0.4, -0.2) is 16.2 Å². The lowest BCUT2D eigenvalue weighted by Crippen LogP contribution is -2.06. The molecule has 0 amide bonds. The predicted octanol–water partition coefficient (Wildman–Crippen LogP) is 6.10. The topological polar surface area (TPSA) is 27.1 Å². The van der Waals surface area contributed by atoms with Crippen LogP contribution in [0.4, 0.5) is 0 Å². The Bertz CT molecular complexity index is 1110. The van der Waals surface area contributed by atoms with E-state index in [-0.39, 0.29) is 0 Å². The molecule has 3 aromatic carbocycles. The number of nitrogens with zero attached hydrogens (tertiary/aromatic N) is 2. The van der Waals surface area contributed by atoms with Crippen molar-refractivity contribution in [1.82, 2.24) is 9.55 Å². The number of imidazole rings is 1. The molecule has 0 atom stereocenters. The van der Waals surface area contributed by atoms with Gasteiger partial charge in [-0.15, -0.1) is 0 Å². The van der Waals surface area contributed by atoms with E-state index < -0.39 is 0 Å². The smallest absolute Gasteiger partial charge is 0.141 e. The van der Waals surface area contributed by atoms with E-state index >= 15 is 0 Å². The first-order chi connectivity index (χ1) is 13.6. The van der Waals surface area contributed by atoms with E-state index in [1.54, 1.807) is 0 Å². The van der Waals surface area contributed by atoms with Crippen molar-refractivity contribution in [3.05, 3.63) is 83.4 Å². The molecule has 0 spiro atoms. The van der Waals surface area contributed by atoms with Crippen LogP contribution < -0.4 is 4.74 Å². The van der Waals surface area contributed by atoms with Gasteiger partial charge in [0.1, 0.15) is 11.6 Å². The summed E-state index contributed by atoms with van der Waals surface area (Å²) < 4.78 is 8.30. The molecule has 142 valence electrons. The molecule has 0 N–H and O–H groups in total. The molecule has 3 heteroatoms. The van der Waals surface area contributed by atoms with Gasteiger partial charge in [0, 0.05) is 12.1 Å². The Morgan fingerprint density at radius 1 is 0.857 bits per heavy atom. The molecule has 0 saturated carbocycles. The highest BCUT2D eigenvalue weighted by Gasteiger charge is 2.12. The van der Waals surface area contributed by atoms with E-state index in [4.69, 9.17) is 9.72 Å². The Morgan fingerprint density at radius 3 is 2.54 bits per heavy atom. The van der Waals surface area contributed by atoms with Crippen molar-refractivity contribution in [1.29, 1.82) is 0 Å². The summed E-state index contributed by atoms with van der Waals surface area (Å²) in [5, 5.41) is 0. The highest BCUT2D eigenvalue weighted by atomic mass is 16.5. The zero-order valence-corrected chi connectivity index (χ0v) is 16.8. The number of aryl methyl sites for hydroxylation is 4. The van der Waals surface area contributed by atoms with Crippen LogP contribution in [0.3, 0.4) is 0 Å². The van der Waals surface area contributed by atoms with E-state index in [2.05, 4.69) is 79.9 Å². The fourth-order valence-corrected chi connectivity index (χ4v) is 3.52. The quantitative estimate of drug-likeness (QED) is 0.384. The zero-order valence-electron chi connectivity index (χ0n) is 16.8. The maximum absolute atomic E-state index is 5.98. The van der Waals surface area contributed by atoms with Crippen molar-refractivity contribution >= 4 is 11.0 Å². The highest BCUT2D eigenvalue weighted by molar-refractivity contribution is 5.80. The summed E-state index contributed by atoms with van der Waals surface area (Å²) in [5.74, 6) is 1.97. The van der Waals surface area contributed by atoms with Gasteiger partial charge in [-0.25, -0.2) is 4.98 Å². The lowest BCUT2D eigenvalue weighted by Gasteiger charge is -2.12. The summed E-state index contributed by atoms with van der Waals surface area (Å²) in [4.78, 5) is 4.90. The molecule has 1 aromatic heterocycles. The van der Waals surface area contributed by atoms with Crippen LogP contribution in [0.2, 0.25) is 0 Å². The van der Waals surface area contributed by atoms with Crippen molar-refractivity contribution in [3.63, 3.8) is 0 Å². The largest absolute Gasteiger partial charge is 0.494 e. The molecule has 0 aliphatic carbocycles. The van der Waals surface area contributed by atoms with Crippen molar-refractivity contribution in [2.45, 2.75) is 33.7 Å². The molecule has 0 fully saturated rings. The predicted molar refractivity (Wildman–Crippen MR) is 116 cm³/mol. The van der Waals surface area contributed by atoms with E-state index in [9.17, 15) is 0 Å². The molecule has 4 rings (SSSR count). The van der Waals surface area contributed by atoms with Crippen molar-refractivity contribution in [2.24, 2.45) is 0 Å². The van der Waals surface area contributed by atoms with Crippen molar-refractivity contribution < 1.29 is 4.74 Å². The van der Waals surface area contributed by atoms with Gasteiger partial charge in [-0.1, -0.05) is 42.0 Å². The number of para-hydroxylation sites is 2.